The Morgan fingerprint density at radius 1 is 1.20 bits per heavy atom. The van der Waals surface area contributed by atoms with Crippen molar-refractivity contribution in [3.8, 4) is 5.75 Å². The molecule has 8 heteroatoms. The molecule has 0 N–H and O–H groups in total. The van der Waals surface area contributed by atoms with E-state index >= 15 is 0 Å². The number of hydrogen-bond donors (Lipinski definition) is 0. The third-order valence-corrected chi connectivity index (χ3v) is 2.96. The highest BCUT2D eigenvalue weighted by atomic mass is 19.2. The van der Waals surface area contributed by atoms with Crippen LogP contribution in [-0.2, 0) is 9.53 Å². The van der Waals surface area contributed by atoms with E-state index in [1.54, 1.807) is 6.92 Å². The van der Waals surface area contributed by atoms with Crippen LogP contribution in [0.25, 0.3) is 0 Å². The minimum absolute atomic E-state index is 0.170. The zero-order valence-corrected chi connectivity index (χ0v) is 10.5. The van der Waals surface area contributed by atoms with Gasteiger partial charge in [0.15, 0.2) is 0 Å². The first kappa shape index (κ1) is 14.5. The van der Waals surface area contributed by atoms with Crippen LogP contribution in [-0.4, -0.2) is 23.7 Å². The van der Waals surface area contributed by atoms with E-state index in [9.17, 15) is 22.4 Å². The molecule has 0 spiro atoms. The largest absolute Gasteiger partial charge is 0.484 e. The molecule has 1 fully saturated rings. The summed E-state index contributed by atoms with van der Waals surface area (Å²) in [7, 11) is 0. The quantitative estimate of drug-likeness (QED) is 0.486. The van der Waals surface area contributed by atoms with Crippen LogP contribution in [0, 0.1) is 29.4 Å². The van der Waals surface area contributed by atoms with E-state index < -0.39 is 47.3 Å². The van der Waals surface area contributed by atoms with Crippen molar-refractivity contribution in [2.75, 3.05) is 6.61 Å². The zero-order valence-electron chi connectivity index (χ0n) is 10.5. The van der Waals surface area contributed by atoms with E-state index in [0.717, 1.165) is 0 Å². The van der Waals surface area contributed by atoms with Crippen LogP contribution in [0.4, 0.5) is 17.6 Å². The number of carbonyl (C=O) groups excluding carboxylic acids is 1. The molecule has 0 saturated heterocycles. The average Bonchev–Trinajstić information content (AvgIpc) is 2.34. The van der Waals surface area contributed by atoms with Crippen LogP contribution in [0.3, 0.4) is 0 Å². The molecule has 0 radical (unpaired) electrons. The van der Waals surface area contributed by atoms with Crippen molar-refractivity contribution >= 4 is 5.97 Å². The third-order valence-electron chi connectivity index (χ3n) is 2.96. The summed E-state index contributed by atoms with van der Waals surface area (Å²) >= 11 is 0. The van der Waals surface area contributed by atoms with Crippen LogP contribution in [0.15, 0.2) is 0 Å². The zero-order chi connectivity index (χ0) is 14.9. The summed E-state index contributed by atoms with van der Waals surface area (Å²) in [4.78, 5) is 13.7. The van der Waals surface area contributed by atoms with Crippen LogP contribution < -0.4 is 4.74 Å². The molecule has 2 rings (SSSR count). The Hall–Kier alpha value is -1.86. The van der Waals surface area contributed by atoms with Crippen molar-refractivity contribution in [1.29, 1.82) is 0 Å². The van der Waals surface area contributed by atoms with Crippen LogP contribution in [0.1, 0.15) is 19.8 Å². The predicted molar refractivity (Wildman–Crippen MR) is 57.8 cm³/mol. The van der Waals surface area contributed by atoms with Crippen molar-refractivity contribution in [2.45, 2.75) is 25.9 Å². The second-order valence-electron chi connectivity index (χ2n) is 4.31. The van der Waals surface area contributed by atoms with Crippen molar-refractivity contribution < 1.29 is 31.8 Å². The summed E-state index contributed by atoms with van der Waals surface area (Å²) in [5.41, 5.74) is 0. The fraction of sp³-hybridized carbons (Fsp3) is 0.500. The lowest BCUT2D eigenvalue weighted by molar-refractivity contribution is -0.154. The van der Waals surface area contributed by atoms with Crippen molar-refractivity contribution in [3.05, 3.63) is 23.5 Å². The van der Waals surface area contributed by atoms with Gasteiger partial charge in [-0.3, -0.25) is 4.79 Å². The molecule has 4 nitrogen and oxygen atoms in total. The van der Waals surface area contributed by atoms with Gasteiger partial charge in [0, 0.05) is 0 Å². The summed E-state index contributed by atoms with van der Waals surface area (Å²) in [6, 6.07) is 0. The number of ether oxygens (including phenoxy) is 2. The minimum Gasteiger partial charge on any atom is -0.484 e. The first-order valence-electron chi connectivity index (χ1n) is 5.97. The van der Waals surface area contributed by atoms with E-state index in [-0.39, 0.29) is 19.4 Å². The molecule has 1 heterocycles. The number of halogens is 4. The Labute approximate surface area is 111 Å². The standard InChI is InChI=1S/C12H11F4NO3/c1-2-19-12(18)5-3-6(4-5)20-9-7(13)10(15)17-11(16)8(9)14/h5-6H,2-4H2,1H3. The van der Waals surface area contributed by atoms with Crippen LogP contribution in [0.2, 0.25) is 0 Å². The molecular weight excluding hydrogens is 282 g/mol. The smallest absolute Gasteiger partial charge is 0.309 e. The van der Waals surface area contributed by atoms with E-state index in [4.69, 9.17) is 9.47 Å². The highest BCUT2D eigenvalue weighted by molar-refractivity contribution is 5.73. The first-order valence-corrected chi connectivity index (χ1v) is 5.97. The van der Waals surface area contributed by atoms with Gasteiger partial charge in [0.25, 0.3) is 11.9 Å². The summed E-state index contributed by atoms with van der Waals surface area (Å²) in [6.07, 6.45) is -0.360. The number of nitrogens with zero attached hydrogens (tertiary/aromatic N) is 1. The highest BCUT2D eigenvalue weighted by Crippen LogP contribution is 2.34. The van der Waals surface area contributed by atoms with E-state index in [1.807, 2.05) is 0 Å². The lowest BCUT2D eigenvalue weighted by Gasteiger charge is -2.33. The Balaban J connectivity index is 2.02. The fourth-order valence-electron chi connectivity index (χ4n) is 1.85. The SMILES string of the molecule is CCOC(=O)C1CC(Oc2c(F)c(F)nc(F)c2F)C1. The van der Waals surface area contributed by atoms with Gasteiger partial charge in [0.2, 0.25) is 17.4 Å². The second-order valence-corrected chi connectivity index (χ2v) is 4.31. The van der Waals surface area contributed by atoms with Gasteiger partial charge in [-0.15, -0.1) is 0 Å². The minimum atomic E-state index is -1.78. The number of carbonyl (C=O) groups is 1. The average molecular weight is 293 g/mol. The van der Waals surface area contributed by atoms with Gasteiger partial charge in [-0.05, 0) is 19.8 Å². The number of hydrogen-bond acceptors (Lipinski definition) is 4. The van der Waals surface area contributed by atoms with Gasteiger partial charge < -0.3 is 9.47 Å². The molecule has 0 atom stereocenters. The van der Waals surface area contributed by atoms with E-state index in [1.165, 1.54) is 0 Å². The Morgan fingerprint density at radius 2 is 1.75 bits per heavy atom. The summed E-state index contributed by atoms with van der Waals surface area (Å²) < 4.78 is 61.9. The lowest BCUT2D eigenvalue weighted by Crippen LogP contribution is -2.39. The van der Waals surface area contributed by atoms with Gasteiger partial charge in [0.05, 0.1) is 12.5 Å². The topological polar surface area (TPSA) is 48.4 Å². The molecule has 0 unspecified atom stereocenters. The number of aromatic nitrogens is 1. The summed E-state index contributed by atoms with van der Waals surface area (Å²) in [5, 5.41) is 0. The Morgan fingerprint density at radius 3 is 2.25 bits per heavy atom. The molecule has 1 aliphatic rings. The monoisotopic (exact) mass is 293 g/mol. The van der Waals surface area contributed by atoms with Crippen molar-refractivity contribution in [1.82, 2.24) is 4.98 Å². The van der Waals surface area contributed by atoms with Crippen molar-refractivity contribution in [3.63, 3.8) is 0 Å². The Bertz CT molecular complexity index is 506. The van der Waals surface area contributed by atoms with E-state index in [0.29, 0.717) is 0 Å². The fourth-order valence-corrected chi connectivity index (χ4v) is 1.85. The molecule has 110 valence electrons. The number of pyridine rings is 1. The predicted octanol–water partition coefficient (Wildman–Crippen LogP) is 2.36. The van der Waals surface area contributed by atoms with Gasteiger partial charge in [0.1, 0.15) is 6.10 Å². The second kappa shape index (κ2) is 5.64. The highest BCUT2D eigenvalue weighted by Gasteiger charge is 2.38. The molecule has 0 bridgehead atoms. The molecule has 0 amide bonds. The Kier molecular flexibility index (Phi) is 4.10. The number of esters is 1. The third kappa shape index (κ3) is 2.68. The van der Waals surface area contributed by atoms with Crippen LogP contribution >= 0.6 is 0 Å². The maximum absolute atomic E-state index is 13.3. The maximum Gasteiger partial charge on any atom is 0.309 e. The molecule has 0 aromatic carbocycles. The summed E-state index contributed by atoms with van der Waals surface area (Å²) in [6.45, 7) is 1.88. The normalized spacial score (nSPS) is 21.2. The molecule has 1 aromatic heterocycles. The number of rotatable bonds is 4. The molecule has 1 aliphatic carbocycles. The molecule has 1 aromatic rings. The van der Waals surface area contributed by atoms with Gasteiger partial charge >= 0.3 is 5.97 Å². The molecular formula is C12H11F4NO3. The maximum atomic E-state index is 13.3. The van der Waals surface area contributed by atoms with Crippen LogP contribution in [0.5, 0.6) is 5.75 Å². The van der Waals surface area contributed by atoms with Gasteiger partial charge in [-0.2, -0.15) is 22.5 Å². The first-order chi connectivity index (χ1) is 9.43. The van der Waals surface area contributed by atoms with Crippen molar-refractivity contribution in [2.24, 2.45) is 5.92 Å². The lowest BCUT2D eigenvalue weighted by atomic mass is 9.82. The molecule has 20 heavy (non-hydrogen) atoms. The molecule has 1 saturated carbocycles. The van der Waals surface area contributed by atoms with Gasteiger partial charge in [-0.25, -0.2) is 0 Å². The van der Waals surface area contributed by atoms with Gasteiger partial charge in [-0.1, -0.05) is 0 Å². The summed E-state index contributed by atoms with van der Waals surface area (Å²) in [5.74, 6) is -8.95. The van der Waals surface area contributed by atoms with E-state index in [2.05, 4.69) is 4.98 Å². The molecule has 0 aliphatic heterocycles.